The Bertz CT molecular complexity index is 3500. The molecule has 0 unspecified atom stereocenters. The summed E-state index contributed by atoms with van der Waals surface area (Å²) in [5.41, 5.74) is 18.3. The molecule has 0 saturated heterocycles. The number of nitrogens with zero attached hydrogens (tertiary/aromatic N) is 1. The molecule has 2 heteroatoms. The maximum absolute atomic E-state index is 2.43. The van der Waals surface area contributed by atoms with Crippen LogP contribution in [-0.2, 0) is 5.41 Å². The lowest BCUT2D eigenvalue weighted by atomic mass is 9.81. The molecule has 63 heavy (non-hydrogen) atoms. The molecule has 0 fully saturated rings. The minimum atomic E-state index is -0.170. The summed E-state index contributed by atoms with van der Waals surface area (Å²) in [4.78, 5) is 2.41. The molecule has 0 atom stereocenters. The fourth-order valence-corrected chi connectivity index (χ4v) is 10.9. The summed E-state index contributed by atoms with van der Waals surface area (Å²) >= 11 is 1.86. The Hall–Kier alpha value is -7.52. The van der Waals surface area contributed by atoms with Crippen LogP contribution < -0.4 is 4.90 Å². The Morgan fingerprint density at radius 2 is 0.778 bits per heavy atom. The third kappa shape index (κ3) is 6.45. The van der Waals surface area contributed by atoms with Gasteiger partial charge in [-0.15, -0.1) is 11.3 Å². The van der Waals surface area contributed by atoms with E-state index in [0.29, 0.717) is 0 Å². The van der Waals surface area contributed by atoms with Crippen LogP contribution in [0.4, 0.5) is 17.1 Å². The van der Waals surface area contributed by atoms with E-state index in [4.69, 9.17) is 0 Å². The summed E-state index contributed by atoms with van der Waals surface area (Å²) in [7, 11) is 0. The van der Waals surface area contributed by atoms with Crippen molar-refractivity contribution in [2.45, 2.75) is 19.3 Å². The molecule has 1 aliphatic rings. The van der Waals surface area contributed by atoms with Crippen LogP contribution >= 0.6 is 11.3 Å². The largest absolute Gasteiger partial charge is 0.310 e. The number of hydrogen-bond acceptors (Lipinski definition) is 2. The lowest BCUT2D eigenvalue weighted by molar-refractivity contribution is 0.660. The normalized spacial score (nSPS) is 12.7. The molecule has 298 valence electrons. The number of benzene rings is 10. The van der Waals surface area contributed by atoms with Crippen molar-refractivity contribution in [2.24, 2.45) is 0 Å². The summed E-state index contributed by atoms with van der Waals surface area (Å²) in [5.74, 6) is 0. The molecule has 0 radical (unpaired) electrons. The number of rotatable bonds is 7. The van der Waals surface area contributed by atoms with Crippen molar-refractivity contribution >= 4 is 59.3 Å². The van der Waals surface area contributed by atoms with E-state index in [1.165, 1.54) is 97.7 Å². The fourth-order valence-electron chi connectivity index (χ4n) is 9.86. The van der Waals surface area contributed by atoms with Crippen LogP contribution in [0.25, 0.3) is 86.6 Å². The van der Waals surface area contributed by atoms with Crippen molar-refractivity contribution in [3.8, 4) is 55.6 Å². The van der Waals surface area contributed by atoms with E-state index in [-0.39, 0.29) is 5.41 Å². The first-order valence-electron chi connectivity index (χ1n) is 21.8. The van der Waals surface area contributed by atoms with Gasteiger partial charge < -0.3 is 4.90 Å². The number of anilines is 3. The van der Waals surface area contributed by atoms with Crippen LogP contribution in [-0.4, -0.2) is 0 Å². The minimum absolute atomic E-state index is 0.170. The Balaban J connectivity index is 0.899. The molecule has 11 aromatic rings. The van der Waals surface area contributed by atoms with Crippen molar-refractivity contribution in [2.75, 3.05) is 4.90 Å². The van der Waals surface area contributed by atoms with Crippen LogP contribution in [0.3, 0.4) is 0 Å². The van der Waals surface area contributed by atoms with E-state index < -0.39 is 0 Å². The van der Waals surface area contributed by atoms with Gasteiger partial charge in [-0.05, 0) is 144 Å². The first-order chi connectivity index (χ1) is 30.9. The zero-order valence-corrected chi connectivity index (χ0v) is 36.0. The predicted octanol–water partition coefficient (Wildman–Crippen LogP) is 17.7. The zero-order valence-electron chi connectivity index (χ0n) is 35.2. The second kappa shape index (κ2) is 14.8. The fraction of sp³-hybridized carbons (Fsp3) is 0.0492. The molecule has 1 nitrogen and oxygen atoms in total. The van der Waals surface area contributed by atoms with Gasteiger partial charge in [-0.3, -0.25) is 0 Å². The van der Waals surface area contributed by atoms with Crippen molar-refractivity contribution in [1.82, 2.24) is 0 Å². The standard InChI is InChI=1S/C61H43NS/c1-61(2)57-38-49(40-10-4-3-5-11-40)26-33-53(57)54-34-32-52(39-58(54)61)62(51-30-24-45(25-31-51)47-21-20-41-12-6-7-13-46(41)36-47)50-28-22-43(23-29-50)42-16-18-44(19-17-42)48-27-35-60-56(37-48)55-14-8-9-15-59(55)63-60/h3-39H,1-2H3. The molecule has 1 aliphatic carbocycles. The Kier molecular flexibility index (Phi) is 8.77. The molecule has 1 heterocycles. The molecule has 1 aromatic heterocycles. The first kappa shape index (κ1) is 37.3. The highest BCUT2D eigenvalue weighted by Crippen LogP contribution is 2.52. The van der Waals surface area contributed by atoms with Gasteiger partial charge in [-0.2, -0.15) is 0 Å². The monoisotopic (exact) mass is 821 g/mol. The van der Waals surface area contributed by atoms with E-state index in [1.807, 2.05) is 11.3 Å². The maximum Gasteiger partial charge on any atom is 0.0465 e. The van der Waals surface area contributed by atoms with Gasteiger partial charge in [0.1, 0.15) is 0 Å². The lowest BCUT2D eigenvalue weighted by Gasteiger charge is -2.28. The van der Waals surface area contributed by atoms with Crippen LogP contribution in [0.1, 0.15) is 25.0 Å². The third-order valence-corrected chi connectivity index (χ3v) is 14.4. The van der Waals surface area contributed by atoms with Gasteiger partial charge in [0, 0.05) is 42.6 Å². The van der Waals surface area contributed by atoms with Crippen LogP contribution in [0.5, 0.6) is 0 Å². The quantitative estimate of drug-likeness (QED) is 0.155. The zero-order chi connectivity index (χ0) is 42.1. The van der Waals surface area contributed by atoms with Crippen LogP contribution in [0, 0.1) is 0 Å². The summed E-state index contributed by atoms with van der Waals surface area (Å²) in [6.07, 6.45) is 0. The van der Waals surface area contributed by atoms with Crippen LogP contribution in [0.2, 0.25) is 0 Å². The van der Waals surface area contributed by atoms with E-state index in [2.05, 4.69) is 243 Å². The molecule has 12 rings (SSSR count). The molecular weight excluding hydrogens is 779 g/mol. The van der Waals surface area contributed by atoms with E-state index in [0.717, 1.165) is 17.1 Å². The molecule has 0 saturated carbocycles. The van der Waals surface area contributed by atoms with Gasteiger partial charge in [0.05, 0.1) is 0 Å². The molecule has 0 amide bonds. The average Bonchev–Trinajstić information content (AvgIpc) is 3.83. The molecule has 0 aliphatic heterocycles. The van der Waals surface area contributed by atoms with Gasteiger partial charge in [0.25, 0.3) is 0 Å². The number of thiophene rings is 1. The van der Waals surface area contributed by atoms with Crippen molar-refractivity contribution < 1.29 is 0 Å². The highest BCUT2D eigenvalue weighted by Gasteiger charge is 2.36. The first-order valence-corrected chi connectivity index (χ1v) is 22.6. The molecule has 0 N–H and O–H groups in total. The molecule has 0 bridgehead atoms. The number of fused-ring (bicyclic) bond motifs is 7. The predicted molar refractivity (Wildman–Crippen MR) is 271 cm³/mol. The maximum atomic E-state index is 2.43. The lowest BCUT2D eigenvalue weighted by Crippen LogP contribution is -2.16. The van der Waals surface area contributed by atoms with Gasteiger partial charge in [0.15, 0.2) is 0 Å². The second-order valence-corrected chi connectivity index (χ2v) is 18.4. The Morgan fingerprint density at radius 1 is 0.317 bits per heavy atom. The van der Waals surface area contributed by atoms with Gasteiger partial charge in [0.2, 0.25) is 0 Å². The smallest absolute Gasteiger partial charge is 0.0465 e. The van der Waals surface area contributed by atoms with Crippen molar-refractivity contribution in [1.29, 1.82) is 0 Å². The summed E-state index contributed by atoms with van der Waals surface area (Å²) in [6.45, 7) is 4.75. The number of hydrogen-bond donors (Lipinski definition) is 0. The van der Waals surface area contributed by atoms with Crippen LogP contribution in [0.15, 0.2) is 224 Å². The third-order valence-electron chi connectivity index (χ3n) is 13.3. The highest BCUT2D eigenvalue weighted by atomic mass is 32.1. The van der Waals surface area contributed by atoms with E-state index in [9.17, 15) is 0 Å². The minimum Gasteiger partial charge on any atom is -0.310 e. The molecule has 0 spiro atoms. The SMILES string of the molecule is CC1(C)c2cc(-c3ccccc3)ccc2-c2ccc(N(c3ccc(-c4ccc(-c5ccc6sc7ccccc7c6c5)cc4)cc3)c3ccc(-c4ccc5ccccc5c4)cc3)cc21. The van der Waals surface area contributed by atoms with E-state index in [1.54, 1.807) is 0 Å². The Morgan fingerprint density at radius 3 is 1.49 bits per heavy atom. The summed E-state index contributed by atoms with van der Waals surface area (Å²) in [5, 5.41) is 5.17. The summed E-state index contributed by atoms with van der Waals surface area (Å²) in [6, 6.07) is 82.9. The van der Waals surface area contributed by atoms with Gasteiger partial charge >= 0.3 is 0 Å². The second-order valence-electron chi connectivity index (χ2n) is 17.4. The molecule has 10 aromatic carbocycles. The van der Waals surface area contributed by atoms with Gasteiger partial charge in [-0.1, -0.05) is 172 Å². The van der Waals surface area contributed by atoms with Crippen molar-refractivity contribution in [3.63, 3.8) is 0 Å². The van der Waals surface area contributed by atoms with Crippen molar-refractivity contribution in [3.05, 3.63) is 236 Å². The van der Waals surface area contributed by atoms with E-state index >= 15 is 0 Å². The molecular formula is C61H43NS. The Labute approximate surface area is 372 Å². The van der Waals surface area contributed by atoms with Gasteiger partial charge in [-0.25, -0.2) is 0 Å². The topological polar surface area (TPSA) is 3.24 Å². The highest BCUT2D eigenvalue weighted by molar-refractivity contribution is 7.25. The average molecular weight is 822 g/mol. The summed E-state index contributed by atoms with van der Waals surface area (Å²) < 4.78 is 2.67.